The van der Waals surface area contributed by atoms with E-state index in [2.05, 4.69) is 13.0 Å². The highest BCUT2D eigenvalue weighted by atomic mass is 32.2. The first-order valence-electron chi connectivity index (χ1n) is 5.80. The van der Waals surface area contributed by atoms with Crippen molar-refractivity contribution < 1.29 is 9.47 Å². The number of ether oxygens (including phenoxy) is 2. The van der Waals surface area contributed by atoms with E-state index in [-0.39, 0.29) is 6.04 Å². The number of methoxy groups -OCH3 is 1. The summed E-state index contributed by atoms with van der Waals surface area (Å²) in [4.78, 5) is 0. The Morgan fingerprint density at radius 1 is 1.53 bits per heavy atom. The Kier molecular flexibility index (Phi) is 4.31. The lowest BCUT2D eigenvalue weighted by Gasteiger charge is -2.26. The highest BCUT2D eigenvalue weighted by molar-refractivity contribution is 8.00. The molecule has 4 heteroatoms. The first-order chi connectivity index (χ1) is 8.20. The second-order valence-electron chi connectivity index (χ2n) is 4.34. The van der Waals surface area contributed by atoms with Crippen LogP contribution in [0.25, 0.3) is 0 Å². The van der Waals surface area contributed by atoms with Crippen molar-refractivity contribution in [1.82, 2.24) is 0 Å². The second kappa shape index (κ2) is 5.76. The van der Waals surface area contributed by atoms with Crippen LogP contribution in [0.2, 0.25) is 0 Å². The maximum atomic E-state index is 6.23. The summed E-state index contributed by atoms with van der Waals surface area (Å²) in [5, 5.41) is 0.622. The number of hydrogen-bond donors (Lipinski definition) is 1. The van der Waals surface area contributed by atoms with Gasteiger partial charge in [0.2, 0.25) is 0 Å². The smallest absolute Gasteiger partial charge is 0.123 e. The Hall–Kier alpha value is -0.710. The lowest BCUT2D eigenvalue weighted by atomic mass is 10.1. The first-order valence-corrected chi connectivity index (χ1v) is 6.85. The summed E-state index contributed by atoms with van der Waals surface area (Å²) in [7, 11) is 1.69. The van der Waals surface area contributed by atoms with Gasteiger partial charge in [0.05, 0.1) is 25.6 Å². The zero-order chi connectivity index (χ0) is 12.3. The van der Waals surface area contributed by atoms with Crippen molar-refractivity contribution in [3.63, 3.8) is 0 Å². The molecule has 1 aromatic rings. The van der Waals surface area contributed by atoms with Crippen molar-refractivity contribution in [3.8, 4) is 5.75 Å². The third-order valence-corrected chi connectivity index (χ3v) is 4.20. The SMILES string of the molecule is COc1ccc(C)cc1C(N)CSC1COC1. The summed E-state index contributed by atoms with van der Waals surface area (Å²) < 4.78 is 10.5. The maximum Gasteiger partial charge on any atom is 0.123 e. The van der Waals surface area contributed by atoms with E-state index in [0.717, 1.165) is 30.3 Å². The maximum absolute atomic E-state index is 6.23. The largest absolute Gasteiger partial charge is 0.496 e. The van der Waals surface area contributed by atoms with Crippen LogP contribution in [0.5, 0.6) is 5.75 Å². The Morgan fingerprint density at radius 2 is 2.29 bits per heavy atom. The Labute approximate surface area is 107 Å². The molecule has 0 amide bonds. The fourth-order valence-corrected chi connectivity index (χ4v) is 2.83. The molecule has 0 aromatic heterocycles. The van der Waals surface area contributed by atoms with E-state index in [9.17, 15) is 0 Å². The van der Waals surface area contributed by atoms with Crippen molar-refractivity contribution >= 4 is 11.8 Å². The van der Waals surface area contributed by atoms with Crippen LogP contribution in [0.1, 0.15) is 17.2 Å². The van der Waals surface area contributed by atoms with Crippen LogP contribution in [0, 0.1) is 6.92 Å². The average Bonchev–Trinajstić information content (AvgIpc) is 2.26. The van der Waals surface area contributed by atoms with E-state index in [1.165, 1.54) is 5.56 Å². The van der Waals surface area contributed by atoms with Crippen molar-refractivity contribution in [1.29, 1.82) is 0 Å². The van der Waals surface area contributed by atoms with Gasteiger partial charge in [-0.1, -0.05) is 17.7 Å². The fraction of sp³-hybridized carbons (Fsp3) is 0.538. The molecule has 2 N–H and O–H groups in total. The highest BCUT2D eigenvalue weighted by Crippen LogP contribution is 2.29. The molecule has 0 aliphatic carbocycles. The van der Waals surface area contributed by atoms with E-state index in [4.69, 9.17) is 15.2 Å². The molecule has 2 rings (SSSR count). The number of thioether (sulfide) groups is 1. The summed E-state index contributed by atoms with van der Waals surface area (Å²) in [5.41, 5.74) is 8.54. The van der Waals surface area contributed by atoms with E-state index in [0.29, 0.717) is 5.25 Å². The van der Waals surface area contributed by atoms with Gasteiger partial charge in [-0.25, -0.2) is 0 Å². The van der Waals surface area contributed by atoms with Crippen LogP contribution < -0.4 is 10.5 Å². The second-order valence-corrected chi connectivity index (χ2v) is 5.68. The van der Waals surface area contributed by atoms with E-state index in [1.54, 1.807) is 7.11 Å². The number of aryl methyl sites for hydroxylation is 1. The minimum Gasteiger partial charge on any atom is -0.496 e. The molecular weight excluding hydrogens is 234 g/mol. The molecule has 1 unspecified atom stereocenters. The lowest BCUT2D eigenvalue weighted by Crippen LogP contribution is -2.31. The van der Waals surface area contributed by atoms with Crippen LogP contribution in [-0.2, 0) is 4.74 Å². The number of hydrogen-bond acceptors (Lipinski definition) is 4. The minimum atomic E-state index is 0.0236. The van der Waals surface area contributed by atoms with Crippen LogP contribution in [0.15, 0.2) is 18.2 Å². The topological polar surface area (TPSA) is 44.5 Å². The molecule has 0 spiro atoms. The third kappa shape index (κ3) is 3.15. The monoisotopic (exact) mass is 253 g/mol. The Morgan fingerprint density at radius 3 is 2.88 bits per heavy atom. The molecule has 17 heavy (non-hydrogen) atoms. The molecule has 3 nitrogen and oxygen atoms in total. The first kappa shape index (κ1) is 12.7. The predicted octanol–water partition coefficient (Wildman–Crippen LogP) is 2.14. The molecule has 1 atom stereocenters. The van der Waals surface area contributed by atoms with E-state index in [1.807, 2.05) is 23.9 Å². The molecule has 1 fully saturated rings. The Bertz CT molecular complexity index is 380. The van der Waals surface area contributed by atoms with Crippen LogP contribution in [0.3, 0.4) is 0 Å². The van der Waals surface area contributed by atoms with Crippen molar-refractivity contribution in [3.05, 3.63) is 29.3 Å². The normalized spacial score (nSPS) is 17.6. The molecule has 94 valence electrons. The van der Waals surface area contributed by atoms with Crippen molar-refractivity contribution in [2.24, 2.45) is 5.73 Å². The van der Waals surface area contributed by atoms with Crippen LogP contribution in [0.4, 0.5) is 0 Å². The standard InChI is InChI=1S/C13H19NO2S/c1-9-3-4-13(15-2)11(5-9)12(14)8-17-10-6-16-7-10/h3-5,10,12H,6-8,14H2,1-2H3. The molecule has 1 saturated heterocycles. The molecule has 1 aliphatic heterocycles. The van der Waals surface area contributed by atoms with Gasteiger partial charge in [-0.05, 0) is 13.0 Å². The van der Waals surface area contributed by atoms with Gasteiger partial charge >= 0.3 is 0 Å². The zero-order valence-corrected chi connectivity index (χ0v) is 11.1. The molecular formula is C13H19NO2S. The van der Waals surface area contributed by atoms with Gasteiger partial charge in [-0.2, -0.15) is 11.8 Å². The molecule has 1 heterocycles. The van der Waals surface area contributed by atoms with E-state index < -0.39 is 0 Å². The summed E-state index contributed by atoms with van der Waals surface area (Å²) in [6.45, 7) is 3.80. The van der Waals surface area contributed by atoms with Gasteiger partial charge in [-0.15, -0.1) is 0 Å². The van der Waals surface area contributed by atoms with Crippen molar-refractivity contribution in [2.75, 3.05) is 26.1 Å². The lowest BCUT2D eigenvalue weighted by molar-refractivity contribution is 0.0455. The zero-order valence-electron chi connectivity index (χ0n) is 10.3. The van der Waals surface area contributed by atoms with Gasteiger partial charge in [0, 0.05) is 17.4 Å². The van der Waals surface area contributed by atoms with Crippen molar-refractivity contribution in [2.45, 2.75) is 18.2 Å². The summed E-state index contributed by atoms with van der Waals surface area (Å²) in [6, 6.07) is 6.17. The summed E-state index contributed by atoms with van der Waals surface area (Å²) in [6.07, 6.45) is 0. The van der Waals surface area contributed by atoms with Gasteiger partial charge in [0.15, 0.2) is 0 Å². The van der Waals surface area contributed by atoms with E-state index >= 15 is 0 Å². The van der Waals surface area contributed by atoms with Gasteiger partial charge in [-0.3, -0.25) is 0 Å². The molecule has 1 aliphatic rings. The predicted molar refractivity (Wildman–Crippen MR) is 71.7 cm³/mol. The molecule has 1 aromatic carbocycles. The Balaban J connectivity index is 2.00. The summed E-state index contributed by atoms with van der Waals surface area (Å²) in [5.74, 6) is 1.79. The molecule has 0 radical (unpaired) electrons. The van der Waals surface area contributed by atoms with Crippen LogP contribution >= 0.6 is 11.8 Å². The number of rotatable bonds is 5. The minimum absolute atomic E-state index is 0.0236. The van der Waals surface area contributed by atoms with Gasteiger partial charge in [0.25, 0.3) is 0 Å². The fourth-order valence-electron chi connectivity index (χ4n) is 1.78. The van der Waals surface area contributed by atoms with Crippen LogP contribution in [-0.4, -0.2) is 31.3 Å². The molecule has 0 saturated carbocycles. The quantitative estimate of drug-likeness (QED) is 0.873. The highest BCUT2D eigenvalue weighted by Gasteiger charge is 2.21. The third-order valence-electron chi connectivity index (χ3n) is 2.90. The van der Waals surface area contributed by atoms with Gasteiger partial charge < -0.3 is 15.2 Å². The van der Waals surface area contributed by atoms with Gasteiger partial charge in [0.1, 0.15) is 5.75 Å². The molecule has 0 bridgehead atoms. The number of benzene rings is 1. The number of nitrogens with two attached hydrogens (primary N) is 1. The summed E-state index contributed by atoms with van der Waals surface area (Å²) >= 11 is 1.89. The average molecular weight is 253 g/mol.